The molecule has 1 aliphatic rings. The Hall–Kier alpha value is -3.35. The van der Waals surface area contributed by atoms with Gasteiger partial charge < -0.3 is 9.84 Å². The lowest BCUT2D eigenvalue weighted by Gasteiger charge is -2.25. The summed E-state index contributed by atoms with van der Waals surface area (Å²) in [5.41, 5.74) is 2.78. The molecule has 33 heavy (non-hydrogen) atoms. The number of nitrogens with zero attached hydrogens (tertiary/aromatic N) is 2. The summed E-state index contributed by atoms with van der Waals surface area (Å²) in [6.45, 7) is 3.81. The van der Waals surface area contributed by atoms with E-state index in [0.717, 1.165) is 11.1 Å². The number of amides is 1. The van der Waals surface area contributed by atoms with E-state index in [0.29, 0.717) is 11.4 Å². The molecule has 4 rings (SSSR count). The van der Waals surface area contributed by atoms with E-state index in [1.54, 1.807) is 24.4 Å². The fourth-order valence-corrected chi connectivity index (χ4v) is 4.67. The maximum atomic E-state index is 13.3. The van der Waals surface area contributed by atoms with E-state index in [1.165, 1.54) is 24.1 Å². The topological polar surface area (TPSA) is 79.7 Å². The van der Waals surface area contributed by atoms with E-state index in [4.69, 9.17) is 27.9 Å². The number of rotatable bonds is 4. The van der Waals surface area contributed by atoms with Gasteiger partial charge >= 0.3 is 0 Å². The average molecular weight is 483 g/mol. The first kappa shape index (κ1) is 22.8. The number of Topliss-reactive ketones (excluding diaryl/α,β-unsaturated/α-hetero) is 1. The highest BCUT2D eigenvalue weighted by Crippen LogP contribution is 2.44. The standard InChI is InChI=1S/C25H20Cl2N2O4/c1-13-8-14(2)10-16(9-13)29-21(19-6-4-5-7-28-19)20(23(31)25(29)32)22(30)17-11-15(26)12-18(27)24(17)33-3/h4-12,21,30H,1-3H3/b22-20+. The molecule has 1 amide bonds. The van der Waals surface area contributed by atoms with E-state index in [-0.39, 0.29) is 26.9 Å². The molecule has 0 bridgehead atoms. The van der Waals surface area contributed by atoms with Gasteiger partial charge in [0.25, 0.3) is 11.7 Å². The van der Waals surface area contributed by atoms with Crippen molar-refractivity contribution in [2.75, 3.05) is 12.0 Å². The normalized spacial score (nSPS) is 17.5. The van der Waals surface area contributed by atoms with E-state index in [2.05, 4.69) is 4.98 Å². The zero-order valence-electron chi connectivity index (χ0n) is 18.1. The fourth-order valence-electron chi connectivity index (χ4n) is 4.09. The molecule has 1 saturated heterocycles. The van der Waals surface area contributed by atoms with Crippen LogP contribution in [0.4, 0.5) is 5.69 Å². The first-order valence-corrected chi connectivity index (χ1v) is 10.8. The lowest BCUT2D eigenvalue weighted by Crippen LogP contribution is -2.30. The number of halogens is 2. The zero-order valence-corrected chi connectivity index (χ0v) is 19.6. The van der Waals surface area contributed by atoms with Crippen LogP contribution in [0.1, 0.15) is 28.4 Å². The number of pyridine rings is 1. The van der Waals surface area contributed by atoms with Crippen LogP contribution in [-0.4, -0.2) is 28.9 Å². The van der Waals surface area contributed by atoms with Gasteiger partial charge in [0.1, 0.15) is 17.6 Å². The number of anilines is 1. The Morgan fingerprint density at radius 3 is 2.36 bits per heavy atom. The van der Waals surface area contributed by atoms with Gasteiger partial charge in [-0.3, -0.25) is 19.5 Å². The van der Waals surface area contributed by atoms with Crippen molar-refractivity contribution < 1.29 is 19.4 Å². The minimum absolute atomic E-state index is 0.106. The first-order valence-electron chi connectivity index (χ1n) is 10.1. The van der Waals surface area contributed by atoms with Crippen molar-refractivity contribution in [1.29, 1.82) is 0 Å². The molecule has 0 spiro atoms. The number of hydrogen-bond acceptors (Lipinski definition) is 5. The highest BCUT2D eigenvalue weighted by molar-refractivity contribution is 6.51. The smallest absolute Gasteiger partial charge is 0.300 e. The Bertz CT molecular complexity index is 1290. The molecule has 0 saturated carbocycles. The van der Waals surface area contributed by atoms with Crippen LogP contribution in [0.25, 0.3) is 5.76 Å². The second-order valence-corrected chi connectivity index (χ2v) is 8.58. The van der Waals surface area contributed by atoms with Crippen molar-refractivity contribution in [3.63, 3.8) is 0 Å². The largest absolute Gasteiger partial charge is 0.507 e. The summed E-state index contributed by atoms with van der Waals surface area (Å²) in [6.07, 6.45) is 1.56. The van der Waals surface area contributed by atoms with E-state index >= 15 is 0 Å². The number of benzene rings is 2. The summed E-state index contributed by atoms with van der Waals surface area (Å²) < 4.78 is 5.35. The van der Waals surface area contributed by atoms with Crippen LogP contribution in [-0.2, 0) is 9.59 Å². The number of aromatic nitrogens is 1. The maximum Gasteiger partial charge on any atom is 0.300 e. The number of hydrogen-bond donors (Lipinski definition) is 1. The van der Waals surface area contributed by atoms with Crippen LogP contribution < -0.4 is 9.64 Å². The number of carbonyl (C=O) groups is 2. The summed E-state index contributed by atoms with van der Waals surface area (Å²) in [7, 11) is 1.39. The molecule has 168 valence electrons. The van der Waals surface area contributed by atoms with Gasteiger partial charge in [-0.2, -0.15) is 0 Å². The number of ether oxygens (including phenoxy) is 1. The van der Waals surface area contributed by atoms with Gasteiger partial charge in [0.2, 0.25) is 0 Å². The first-order chi connectivity index (χ1) is 15.7. The number of aryl methyl sites for hydroxylation is 2. The maximum absolute atomic E-state index is 13.3. The highest BCUT2D eigenvalue weighted by Gasteiger charge is 2.48. The summed E-state index contributed by atoms with van der Waals surface area (Å²) >= 11 is 12.4. The third kappa shape index (κ3) is 4.08. The van der Waals surface area contributed by atoms with Crippen molar-refractivity contribution in [3.8, 4) is 5.75 Å². The molecule has 1 aromatic heterocycles. The van der Waals surface area contributed by atoms with Gasteiger partial charge in [-0.1, -0.05) is 35.3 Å². The van der Waals surface area contributed by atoms with Gasteiger partial charge in [0.15, 0.2) is 0 Å². The molecule has 1 atom stereocenters. The SMILES string of the molecule is COc1c(Cl)cc(Cl)cc1/C(O)=C1\C(=O)C(=O)N(c2cc(C)cc(C)c2)C1c1ccccn1. The zero-order chi connectivity index (χ0) is 23.9. The molecule has 1 fully saturated rings. The van der Waals surface area contributed by atoms with Crippen molar-refractivity contribution >= 4 is 46.3 Å². The Labute approximate surface area is 201 Å². The van der Waals surface area contributed by atoms with Gasteiger partial charge in [-0.15, -0.1) is 0 Å². The summed E-state index contributed by atoms with van der Waals surface area (Å²) in [6, 6.07) is 12.7. The number of aliphatic hydroxyl groups excluding tert-OH is 1. The van der Waals surface area contributed by atoms with Gasteiger partial charge in [0.05, 0.1) is 29.0 Å². The Balaban J connectivity index is 2.02. The van der Waals surface area contributed by atoms with Gasteiger partial charge in [-0.05, 0) is 61.4 Å². The Morgan fingerprint density at radius 1 is 1.06 bits per heavy atom. The molecule has 3 aromatic rings. The molecule has 0 radical (unpaired) electrons. The lowest BCUT2D eigenvalue weighted by atomic mass is 9.97. The van der Waals surface area contributed by atoms with Gasteiger partial charge in [0, 0.05) is 16.9 Å². The van der Waals surface area contributed by atoms with E-state index in [1.807, 2.05) is 32.0 Å². The van der Waals surface area contributed by atoms with Crippen molar-refractivity contribution in [3.05, 3.63) is 92.7 Å². The molecule has 2 heterocycles. The van der Waals surface area contributed by atoms with Crippen LogP contribution in [0.15, 0.2) is 60.3 Å². The van der Waals surface area contributed by atoms with Gasteiger partial charge in [-0.25, -0.2) is 0 Å². The summed E-state index contributed by atoms with van der Waals surface area (Å²) in [4.78, 5) is 32.3. The van der Waals surface area contributed by atoms with E-state index < -0.39 is 23.5 Å². The molecule has 8 heteroatoms. The highest BCUT2D eigenvalue weighted by atomic mass is 35.5. The number of aliphatic hydroxyl groups is 1. The third-order valence-electron chi connectivity index (χ3n) is 5.36. The Morgan fingerprint density at radius 2 is 1.76 bits per heavy atom. The molecular weight excluding hydrogens is 463 g/mol. The molecule has 6 nitrogen and oxygen atoms in total. The molecule has 1 unspecified atom stereocenters. The van der Waals surface area contributed by atoms with Crippen LogP contribution in [0.2, 0.25) is 10.0 Å². The molecule has 0 aliphatic carbocycles. The predicted octanol–water partition coefficient (Wildman–Crippen LogP) is 5.64. The third-order valence-corrected chi connectivity index (χ3v) is 5.86. The molecule has 1 N–H and O–H groups in total. The fraction of sp³-hybridized carbons (Fsp3) is 0.160. The monoisotopic (exact) mass is 482 g/mol. The summed E-state index contributed by atoms with van der Waals surface area (Å²) in [5.74, 6) is -1.93. The number of ketones is 1. The van der Waals surface area contributed by atoms with Crippen molar-refractivity contribution in [2.45, 2.75) is 19.9 Å². The molecule has 2 aromatic carbocycles. The number of carbonyl (C=O) groups excluding carboxylic acids is 2. The summed E-state index contributed by atoms with van der Waals surface area (Å²) in [5, 5.41) is 11.7. The Kier molecular flexibility index (Phi) is 6.15. The van der Waals surface area contributed by atoms with Crippen LogP contribution in [0, 0.1) is 13.8 Å². The lowest BCUT2D eigenvalue weighted by molar-refractivity contribution is -0.132. The predicted molar refractivity (Wildman–Crippen MR) is 128 cm³/mol. The average Bonchev–Trinajstić information content (AvgIpc) is 3.03. The van der Waals surface area contributed by atoms with Crippen molar-refractivity contribution in [2.24, 2.45) is 0 Å². The quantitative estimate of drug-likeness (QED) is 0.295. The second kappa shape index (κ2) is 8.89. The molecule has 1 aliphatic heterocycles. The molecular formula is C25H20Cl2N2O4. The van der Waals surface area contributed by atoms with E-state index in [9.17, 15) is 14.7 Å². The van der Waals surface area contributed by atoms with Crippen molar-refractivity contribution in [1.82, 2.24) is 4.98 Å². The van der Waals surface area contributed by atoms with Crippen LogP contribution in [0.3, 0.4) is 0 Å². The van der Waals surface area contributed by atoms with Crippen LogP contribution >= 0.6 is 23.2 Å². The minimum atomic E-state index is -0.963. The van der Waals surface area contributed by atoms with Crippen LogP contribution in [0.5, 0.6) is 5.75 Å². The number of methoxy groups -OCH3 is 1. The second-order valence-electron chi connectivity index (χ2n) is 7.74. The minimum Gasteiger partial charge on any atom is -0.507 e.